The van der Waals surface area contributed by atoms with Crippen molar-refractivity contribution in [3.8, 4) is 5.75 Å². The predicted octanol–water partition coefficient (Wildman–Crippen LogP) is 5.94. The summed E-state index contributed by atoms with van der Waals surface area (Å²) >= 11 is 0. The SMILES string of the molecule is Cc1cccc(C(F)(F)F)c1/C=C1\C(=O)N(c2ccc(C(=O)O)c(O)c2)c2cccc(C)c21. The number of fused-ring (bicyclic) bond motifs is 1. The van der Waals surface area contributed by atoms with Gasteiger partial charge in [0.15, 0.2) is 0 Å². The van der Waals surface area contributed by atoms with Crippen molar-refractivity contribution in [2.75, 3.05) is 4.90 Å². The van der Waals surface area contributed by atoms with Gasteiger partial charge in [-0.15, -0.1) is 0 Å². The van der Waals surface area contributed by atoms with Crippen molar-refractivity contribution in [3.05, 3.63) is 88.0 Å². The number of aromatic carboxylic acids is 1. The van der Waals surface area contributed by atoms with Gasteiger partial charge >= 0.3 is 12.1 Å². The summed E-state index contributed by atoms with van der Waals surface area (Å²) in [6.45, 7) is 3.29. The Morgan fingerprint density at radius 2 is 1.67 bits per heavy atom. The van der Waals surface area contributed by atoms with Gasteiger partial charge in [-0.2, -0.15) is 13.2 Å². The molecule has 0 fully saturated rings. The number of aromatic hydroxyl groups is 1. The molecule has 0 atom stereocenters. The topological polar surface area (TPSA) is 77.8 Å². The van der Waals surface area contributed by atoms with Gasteiger partial charge in [-0.25, -0.2) is 4.79 Å². The van der Waals surface area contributed by atoms with Crippen LogP contribution in [0.4, 0.5) is 24.5 Å². The lowest BCUT2D eigenvalue weighted by Crippen LogP contribution is -2.20. The first-order valence-electron chi connectivity index (χ1n) is 9.90. The molecule has 0 spiro atoms. The van der Waals surface area contributed by atoms with Crippen LogP contribution in [0.15, 0.2) is 54.6 Å². The molecule has 168 valence electrons. The first-order valence-corrected chi connectivity index (χ1v) is 9.90. The molecule has 1 aliphatic heterocycles. The molecule has 2 N–H and O–H groups in total. The van der Waals surface area contributed by atoms with Crippen LogP contribution in [-0.2, 0) is 11.0 Å². The van der Waals surface area contributed by atoms with Crippen LogP contribution in [-0.4, -0.2) is 22.1 Å². The number of rotatable bonds is 3. The minimum atomic E-state index is -4.60. The molecule has 1 heterocycles. The maximum Gasteiger partial charge on any atom is 0.416 e. The standard InChI is InChI=1S/C25H18F3NO4/c1-13-5-3-7-19(25(26,27)28)17(13)12-18-22-14(2)6-4-8-20(22)29(23(18)31)15-9-10-16(24(32)33)21(30)11-15/h3-12,30H,1-2H3,(H,32,33)/b18-12-. The third kappa shape index (κ3) is 3.73. The zero-order chi connectivity index (χ0) is 24.1. The minimum Gasteiger partial charge on any atom is -0.507 e. The van der Waals surface area contributed by atoms with E-state index in [9.17, 15) is 27.9 Å². The molecule has 0 aromatic heterocycles. The van der Waals surface area contributed by atoms with Crippen molar-refractivity contribution in [2.45, 2.75) is 20.0 Å². The molecule has 33 heavy (non-hydrogen) atoms. The second-order valence-electron chi connectivity index (χ2n) is 7.71. The molecular weight excluding hydrogens is 435 g/mol. The first kappa shape index (κ1) is 22.1. The molecule has 8 heteroatoms. The fourth-order valence-corrected chi connectivity index (χ4v) is 4.02. The Balaban J connectivity index is 1.94. The van der Waals surface area contributed by atoms with Gasteiger partial charge in [0.25, 0.3) is 5.91 Å². The van der Waals surface area contributed by atoms with Crippen molar-refractivity contribution < 1.29 is 33.0 Å². The highest BCUT2D eigenvalue weighted by atomic mass is 19.4. The molecule has 0 saturated carbocycles. The van der Waals surface area contributed by atoms with Crippen molar-refractivity contribution >= 4 is 34.9 Å². The van der Waals surface area contributed by atoms with E-state index >= 15 is 0 Å². The maximum absolute atomic E-state index is 13.7. The number of halogens is 3. The van der Waals surface area contributed by atoms with E-state index in [0.717, 1.165) is 12.1 Å². The molecule has 4 rings (SSSR count). The number of benzene rings is 3. The highest BCUT2D eigenvalue weighted by Crippen LogP contribution is 2.45. The number of carboxylic acids is 1. The van der Waals surface area contributed by atoms with Crippen LogP contribution < -0.4 is 4.90 Å². The van der Waals surface area contributed by atoms with E-state index < -0.39 is 29.4 Å². The highest BCUT2D eigenvalue weighted by Gasteiger charge is 2.37. The molecule has 0 saturated heterocycles. The number of carbonyl (C=O) groups is 2. The third-order valence-electron chi connectivity index (χ3n) is 5.58. The fraction of sp³-hybridized carbons (Fsp3) is 0.120. The van der Waals surface area contributed by atoms with Gasteiger partial charge in [-0.1, -0.05) is 24.3 Å². The Hall–Kier alpha value is -4.07. The molecule has 0 bridgehead atoms. The molecule has 1 amide bonds. The average Bonchev–Trinajstić information content (AvgIpc) is 3.01. The van der Waals surface area contributed by atoms with Gasteiger partial charge in [-0.05, 0) is 60.9 Å². The van der Waals surface area contributed by atoms with Crippen LogP contribution in [0.25, 0.3) is 11.6 Å². The lowest BCUT2D eigenvalue weighted by molar-refractivity contribution is -0.137. The third-order valence-corrected chi connectivity index (χ3v) is 5.58. The number of alkyl halides is 3. The second-order valence-corrected chi connectivity index (χ2v) is 7.71. The largest absolute Gasteiger partial charge is 0.507 e. The van der Waals surface area contributed by atoms with Crippen LogP contribution in [0.3, 0.4) is 0 Å². The molecule has 3 aromatic carbocycles. The summed E-state index contributed by atoms with van der Waals surface area (Å²) in [7, 11) is 0. The Morgan fingerprint density at radius 3 is 2.30 bits per heavy atom. The Morgan fingerprint density at radius 1 is 1.00 bits per heavy atom. The number of anilines is 2. The lowest BCUT2D eigenvalue weighted by atomic mass is 9.95. The summed E-state index contributed by atoms with van der Waals surface area (Å²) in [5, 5.41) is 19.3. The number of hydrogen-bond acceptors (Lipinski definition) is 3. The molecule has 0 radical (unpaired) electrons. The van der Waals surface area contributed by atoms with Gasteiger partial charge in [0.2, 0.25) is 0 Å². The van der Waals surface area contributed by atoms with Gasteiger partial charge in [0.1, 0.15) is 11.3 Å². The summed E-state index contributed by atoms with van der Waals surface area (Å²) in [5.41, 5.74) is 0.929. The number of nitrogens with zero attached hydrogens (tertiary/aromatic N) is 1. The normalized spacial score (nSPS) is 14.6. The van der Waals surface area contributed by atoms with Gasteiger partial charge in [0, 0.05) is 11.6 Å². The summed E-state index contributed by atoms with van der Waals surface area (Å²) in [6, 6.07) is 12.6. The maximum atomic E-state index is 13.7. The van der Waals surface area contributed by atoms with E-state index in [1.165, 1.54) is 29.2 Å². The lowest BCUT2D eigenvalue weighted by Gasteiger charge is -2.18. The molecular formula is C25H18F3NO4. The van der Waals surface area contributed by atoms with E-state index in [1.807, 2.05) is 0 Å². The zero-order valence-corrected chi connectivity index (χ0v) is 17.6. The predicted molar refractivity (Wildman–Crippen MR) is 117 cm³/mol. The fourth-order valence-electron chi connectivity index (χ4n) is 4.02. The Labute approximate surface area is 187 Å². The summed E-state index contributed by atoms with van der Waals surface area (Å²) in [5.74, 6) is -2.45. The van der Waals surface area contributed by atoms with Crippen LogP contribution in [0.5, 0.6) is 5.75 Å². The highest BCUT2D eigenvalue weighted by molar-refractivity contribution is 6.38. The van der Waals surface area contributed by atoms with Crippen molar-refractivity contribution in [3.63, 3.8) is 0 Å². The zero-order valence-electron chi connectivity index (χ0n) is 17.6. The quantitative estimate of drug-likeness (QED) is 0.481. The monoisotopic (exact) mass is 453 g/mol. The molecule has 1 aliphatic rings. The van der Waals surface area contributed by atoms with Crippen molar-refractivity contribution in [1.82, 2.24) is 0 Å². The summed E-state index contributed by atoms with van der Waals surface area (Å²) in [6.07, 6.45) is -3.36. The van der Waals surface area contributed by atoms with Crippen LogP contribution >= 0.6 is 0 Å². The van der Waals surface area contributed by atoms with Crippen LogP contribution in [0, 0.1) is 13.8 Å². The Bertz CT molecular complexity index is 1340. The van der Waals surface area contributed by atoms with E-state index in [4.69, 9.17) is 5.11 Å². The molecule has 0 aliphatic carbocycles. The first-order chi connectivity index (χ1) is 15.5. The number of phenols is 1. The van der Waals surface area contributed by atoms with E-state index in [1.54, 1.807) is 38.1 Å². The number of hydrogen-bond donors (Lipinski definition) is 2. The number of aryl methyl sites for hydroxylation is 2. The van der Waals surface area contributed by atoms with Gasteiger partial charge in [0.05, 0.1) is 22.5 Å². The van der Waals surface area contributed by atoms with Crippen LogP contribution in [0.1, 0.15) is 38.2 Å². The average molecular weight is 453 g/mol. The number of carboxylic acid groups (broad SMARTS) is 1. The summed E-state index contributed by atoms with van der Waals surface area (Å²) in [4.78, 5) is 26.0. The van der Waals surface area contributed by atoms with E-state index in [-0.39, 0.29) is 22.4 Å². The smallest absolute Gasteiger partial charge is 0.416 e. The van der Waals surface area contributed by atoms with E-state index in [2.05, 4.69) is 0 Å². The minimum absolute atomic E-state index is 0.0738. The second kappa shape index (κ2) is 7.81. The van der Waals surface area contributed by atoms with E-state index in [0.29, 0.717) is 22.4 Å². The Kier molecular flexibility index (Phi) is 5.24. The van der Waals surface area contributed by atoms with Crippen molar-refractivity contribution in [2.24, 2.45) is 0 Å². The molecule has 3 aromatic rings. The van der Waals surface area contributed by atoms with Crippen molar-refractivity contribution in [1.29, 1.82) is 0 Å². The number of carbonyl (C=O) groups excluding carboxylic acids is 1. The number of amides is 1. The molecule has 0 unspecified atom stereocenters. The van der Waals surface area contributed by atoms with Gasteiger partial charge in [-0.3, -0.25) is 9.69 Å². The molecule has 5 nitrogen and oxygen atoms in total. The van der Waals surface area contributed by atoms with Crippen LogP contribution in [0.2, 0.25) is 0 Å². The van der Waals surface area contributed by atoms with Gasteiger partial charge < -0.3 is 10.2 Å². The summed E-state index contributed by atoms with van der Waals surface area (Å²) < 4.78 is 41.0.